The predicted molar refractivity (Wildman–Crippen MR) is 74.2 cm³/mol. The summed E-state index contributed by atoms with van der Waals surface area (Å²) in [7, 11) is 1.67. The van der Waals surface area contributed by atoms with Crippen LogP contribution in [0.4, 0.5) is 0 Å². The van der Waals surface area contributed by atoms with Gasteiger partial charge in [-0.2, -0.15) is 0 Å². The largest absolute Gasteiger partial charge is 0.497 e. The van der Waals surface area contributed by atoms with Gasteiger partial charge in [0, 0.05) is 36.3 Å². The third kappa shape index (κ3) is 2.31. The van der Waals surface area contributed by atoms with E-state index in [1.807, 2.05) is 24.3 Å². The van der Waals surface area contributed by atoms with E-state index >= 15 is 0 Å². The van der Waals surface area contributed by atoms with Gasteiger partial charge >= 0.3 is 0 Å². The second kappa shape index (κ2) is 4.97. The molecule has 1 aliphatic heterocycles. The quantitative estimate of drug-likeness (QED) is 0.892. The first-order valence-electron chi connectivity index (χ1n) is 6.49. The Labute approximate surface area is 112 Å². The highest BCUT2D eigenvalue weighted by molar-refractivity contribution is 5.58. The fourth-order valence-electron chi connectivity index (χ4n) is 2.40. The number of rotatable bonds is 2. The summed E-state index contributed by atoms with van der Waals surface area (Å²) in [6.45, 7) is 3.91. The van der Waals surface area contributed by atoms with E-state index in [2.05, 4.69) is 17.2 Å². The highest BCUT2D eigenvalue weighted by Gasteiger charge is 2.15. The molecule has 1 aromatic carbocycles. The number of benzene rings is 1. The van der Waals surface area contributed by atoms with Crippen molar-refractivity contribution in [1.82, 2.24) is 15.3 Å². The normalized spacial score (nSPS) is 14.0. The molecule has 2 heterocycles. The molecule has 0 bridgehead atoms. The molecule has 0 fully saturated rings. The molecule has 0 amide bonds. The molecule has 0 aliphatic carbocycles. The molecule has 0 saturated heterocycles. The van der Waals surface area contributed by atoms with E-state index in [0.717, 1.165) is 42.3 Å². The number of ether oxygens (including phenoxy) is 1. The molecule has 0 spiro atoms. The molecule has 4 nitrogen and oxygen atoms in total. The molecule has 0 radical (unpaired) electrons. The van der Waals surface area contributed by atoms with Crippen LogP contribution in [0.2, 0.25) is 0 Å². The van der Waals surface area contributed by atoms with Crippen LogP contribution < -0.4 is 10.1 Å². The molecule has 98 valence electrons. The number of nitrogens with zero attached hydrogens (tertiary/aromatic N) is 2. The van der Waals surface area contributed by atoms with Gasteiger partial charge in [-0.3, -0.25) is 0 Å². The first-order valence-corrected chi connectivity index (χ1v) is 6.49. The Balaban J connectivity index is 2.07. The number of nitrogens with one attached hydrogen (secondary N) is 1. The van der Waals surface area contributed by atoms with Crippen molar-refractivity contribution in [2.75, 3.05) is 13.7 Å². The van der Waals surface area contributed by atoms with Gasteiger partial charge in [-0.1, -0.05) is 12.1 Å². The Morgan fingerprint density at radius 3 is 3.00 bits per heavy atom. The van der Waals surface area contributed by atoms with Crippen molar-refractivity contribution in [3.05, 3.63) is 41.2 Å². The van der Waals surface area contributed by atoms with Gasteiger partial charge in [-0.05, 0) is 19.1 Å². The summed E-state index contributed by atoms with van der Waals surface area (Å²) in [5.41, 5.74) is 4.49. The topological polar surface area (TPSA) is 47.0 Å². The maximum atomic E-state index is 5.25. The van der Waals surface area contributed by atoms with Crippen molar-refractivity contribution in [2.45, 2.75) is 19.9 Å². The minimum absolute atomic E-state index is 0.789. The molecule has 1 aromatic heterocycles. The average molecular weight is 255 g/mol. The second-order valence-electron chi connectivity index (χ2n) is 4.72. The zero-order valence-electron chi connectivity index (χ0n) is 11.2. The van der Waals surface area contributed by atoms with E-state index in [1.54, 1.807) is 7.11 Å². The minimum atomic E-state index is 0.789. The molecule has 1 N–H and O–H groups in total. The first kappa shape index (κ1) is 12.1. The van der Waals surface area contributed by atoms with Crippen LogP contribution in [0.3, 0.4) is 0 Å². The van der Waals surface area contributed by atoms with Crippen molar-refractivity contribution in [3.8, 4) is 17.1 Å². The van der Waals surface area contributed by atoms with Crippen LogP contribution in [0.5, 0.6) is 5.75 Å². The van der Waals surface area contributed by atoms with E-state index in [9.17, 15) is 0 Å². The predicted octanol–water partition coefficient (Wildman–Crippen LogP) is 2.11. The summed E-state index contributed by atoms with van der Waals surface area (Å²) in [5, 5.41) is 3.36. The summed E-state index contributed by atoms with van der Waals surface area (Å²) >= 11 is 0. The fraction of sp³-hybridized carbons (Fsp3) is 0.333. The van der Waals surface area contributed by atoms with Gasteiger partial charge in [0.05, 0.1) is 12.8 Å². The third-order valence-corrected chi connectivity index (χ3v) is 3.47. The van der Waals surface area contributed by atoms with Gasteiger partial charge in [0.25, 0.3) is 0 Å². The van der Waals surface area contributed by atoms with Crippen molar-refractivity contribution in [3.63, 3.8) is 0 Å². The van der Waals surface area contributed by atoms with Crippen LogP contribution in [0.1, 0.15) is 17.0 Å². The van der Waals surface area contributed by atoms with Crippen molar-refractivity contribution < 1.29 is 4.74 Å². The number of hydrogen-bond acceptors (Lipinski definition) is 4. The van der Waals surface area contributed by atoms with Gasteiger partial charge in [-0.15, -0.1) is 0 Å². The van der Waals surface area contributed by atoms with Crippen molar-refractivity contribution in [2.24, 2.45) is 0 Å². The molecular formula is C15H17N3O. The summed E-state index contributed by atoms with van der Waals surface area (Å²) in [6.07, 6.45) is 0.968. The lowest BCUT2D eigenvalue weighted by Crippen LogP contribution is -2.26. The zero-order chi connectivity index (χ0) is 13.2. The van der Waals surface area contributed by atoms with Crippen molar-refractivity contribution >= 4 is 0 Å². The lowest BCUT2D eigenvalue weighted by Gasteiger charge is -2.18. The van der Waals surface area contributed by atoms with Gasteiger partial charge in [-0.25, -0.2) is 9.97 Å². The highest BCUT2D eigenvalue weighted by Crippen LogP contribution is 2.24. The second-order valence-corrected chi connectivity index (χ2v) is 4.72. The lowest BCUT2D eigenvalue weighted by atomic mass is 10.1. The van der Waals surface area contributed by atoms with E-state index in [0.29, 0.717) is 0 Å². The number of hydrogen-bond donors (Lipinski definition) is 1. The number of fused-ring (bicyclic) bond motifs is 1. The van der Waals surface area contributed by atoms with E-state index in [-0.39, 0.29) is 0 Å². The highest BCUT2D eigenvalue weighted by atomic mass is 16.5. The summed E-state index contributed by atoms with van der Waals surface area (Å²) < 4.78 is 5.25. The smallest absolute Gasteiger partial charge is 0.159 e. The van der Waals surface area contributed by atoms with Crippen molar-refractivity contribution in [1.29, 1.82) is 0 Å². The SMILES string of the molecule is COc1cccc(-c2nc(C)c3c(n2)CCNC3)c1. The third-order valence-electron chi connectivity index (χ3n) is 3.47. The van der Waals surface area contributed by atoms with Crippen LogP contribution in [-0.2, 0) is 13.0 Å². The molecular weight excluding hydrogens is 238 g/mol. The van der Waals surface area contributed by atoms with Gasteiger partial charge in [0.2, 0.25) is 0 Å². The zero-order valence-corrected chi connectivity index (χ0v) is 11.2. The Kier molecular flexibility index (Phi) is 3.17. The van der Waals surface area contributed by atoms with Crippen LogP contribution in [0.15, 0.2) is 24.3 Å². The van der Waals surface area contributed by atoms with E-state index < -0.39 is 0 Å². The number of methoxy groups -OCH3 is 1. The maximum absolute atomic E-state index is 5.25. The van der Waals surface area contributed by atoms with Gasteiger partial charge in [0.1, 0.15) is 5.75 Å². The molecule has 2 aromatic rings. The number of aromatic nitrogens is 2. The van der Waals surface area contributed by atoms with E-state index in [1.165, 1.54) is 11.3 Å². The molecule has 1 aliphatic rings. The average Bonchev–Trinajstić information content (AvgIpc) is 2.47. The Morgan fingerprint density at radius 1 is 1.26 bits per heavy atom. The summed E-state index contributed by atoms with van der Waals surface area (Å²) in [4.78, 5) is 9.34. The van der Waals surface area contributed by atoms with E-state index in [4.69, 9.17) is 9.72 Å². The van der Waals surface area contributed by atoms with Gasteiger partial charge in [0.15, 0.2) is 5.82 Å². The summed E-state index contributed by atoms with van der Waals surface area (Å²) in [5.74, 6) is 1.62. The van der Waals surface area contributed by atoms with Gasteiger partial charge < -0.3 is 10.1 Å². The molecule has 0 atom stereocenters. The maximum Gasteiger partial charge on any atom is 0.159 e. The van der Waals surface area contributed by atoms with Crippen LogP contribution in [-0.4, -0.2) is 23.6 Å². The Hall–Kier alpha value is -1.94. The van der Waals surface area contributed by atoms with Crippen LogP contribution >= 0.6 is 0 Å². The Bertz CT molecular complexity index is 610. The fourth-order valence-corrected chi connectivity index (χ4v) is 2.40. The minimum Gasteiger partial charge on any atom is -0.497 e. The molecule has 0 unspecified atom stereocenters. The van der Waals surface area contributed by atoms with Crippen LogP contribution in [0, 0.1) is 6.92 Å². The Morgan fingerprint density at radius 2 is 2.16 bits per heavy atom. The lowest BCUT2D eigenvalue weighted by molar-refractivity contribution is 0.415. The monoisotopic (exact) mass is 255 g/mol. The molecule has 3 rings (SSSR count). The standard InChI is InChI=1S/C15H17N3O/c1-10-13-9-16-7-6-14(13)18-15(17-10)11-4-3-5-12(8-11)19-2/h3-5,8,16H,6-7,9H2,1-2H3. The molecule has 0 saturated carbocycles. The summed E-state index contributed by atoms with van der Waals surface area (Å²) in [6, 6.07) is 7.89. The molecule has 4 heteroatoms. The van der Waals surface area contributed by atoms with Crippen LogP contribution in [0.25, 0.3) is 11.4 Å². The molecule has 19 heavy (non-hydrogen) atoms. The first-order chi connectivity index (χ1) is 9.28. The number of aryl methyl sites for hydroxylation is 1.